The minimum Gasteiger partial charge on any atom is -0.457 e. The Morgan fingerprint density at radius 3 is 2.62 bits per heavy atom. The Balaban J connectivity index is 1.81. The Hall–Kier alpha value is -3.87. The van der Waals surface area contributed by atoms with Crippen molar-refractivity contribution in [1.82, 2.24) is 14.3 Å². The molecule has 2 aromatic heterocycles. The van der Waals surface area contributed by atoms with Crippen molar-refractivity contribution in [3.63, 3.8) is 0 Å². The number of hydrogen-bond acceptors (Lipinski definition) is 5. The number of nitrogens with one attached hydrogen (secondary N) is 2. The largest absolute Gasteiger partial charge is 0.457 e. The van der Waals surface area contributed by atoms with Crippen molar-refractivity contribution in [1.29, 1.82) is 5.26 Å². The van der Waals surface area contributed by atoms with Crippen LogP contribution in [0.1, 0.15) is 11.1 Å². The number of aromatic nitrogens is 2. The number of thiol groups is 1. The smallest absolute Gasteiger partial charge is 0.274 e. The van der Waals surface area contributed by atoms with E-state index in [4.69, 9.17) is 10.00 Å². The fraction of sp³-hybridized carbons (Fsp3) is 0.130. The predicted octanol–water partition coefficient (Wildman–Crippen LogP) is 2.86. The maximum Gasteiger partial charge on any atom is 0.274 e. The van der Waals surface area contributed by atoms with Gasteiger partial charge in [0, 0.05) is 42.5 Å². The fourth-order valence-electron chi connectivity index (χ4n) is 3.53. The highest BCUT2D eigenvalue weighted by molar-refractivity contribution is 7.70. The summed E-state index contributed by atoms with van der Waals surface area (Å²) in [5.41, 5.74) is 3.36. The summed E-state index contributed by atoms with van der Waals surface area (Å²) in [5.74, 6) is 1.14. The number of benzene rings is 2. The van der Waals surface area contributed by atoms with Crippen LogP contribution < -0.4 is 15.0 Å². The molecule has 2 heterocycles. The van der Waals surface area contributed by atoms with Crippen LogP contribution in [0.5, 0.6) is 11.5 Å². The standard InChI is InChI=1S/C23H20N4O4S/c1-27-14-20(18-9-10-25-22(18)23(27)28)19-12-15(8-11-26-32(29)30)4-7-21(19)31-17-5-2-16(13-24)3-6-17/h2-7,9-10,12,14,25,32H,8,11H2,1H3,(H,26,29,30). The third-order valence-electron chi connectivity index (χ3n) is 5.09. The lowest BCUT2D eigenvalue weighted by atomic mass is 9.99. The van der Waals surface area contributed by atoms with Gasteiger partial charge in [-0.1, -0.05) is 6.07 Å². The van der Waals surface area contributed by atoms with Gasteiger partial charge in [0.25, 0.3) is 5.56 Å². The maximum absolute atomic E-state index is 12.5. The Labute approximate surface area is 185 Å². The van der Waals surface area contributed by atoms with Crippen LogP contribution in [-0.4, -0.2) is 24.5 Å². The topological polar surface area (TPSA) is 117 Å². The molecule has 9 heteroatoms. The van der Waals surface area contributed by atoms with E-state index < -0.39 is 10.9 Å². The summed E-state index contributed by atoms with van der Waals surface area (Å²) < 4.78 is 31.7. The SMILES string of the molecule is Cn1cc(-c2cc(CCN[SH](=O)=O)ccc2Oc2ccc(C#N)cc2)c2cc[nH]c2c1=O. The minimum atomic E-state index is -2.66. The first-order chi connectivity index (χ1) is 15.5. The van der Waals surface area contributed by atoms with E-state index in [9.17, 15) is 13.2 Å². The van der Waals surface area contributed by atoms with Gasteiger partial charge in [-0.05, 0) is 54.4 Å². The highest BCUT2D eigenvalue weighted by atomic mass is 32.2. The van der Waals surface area contributed by atoms with E-state index in [0.717, 1.165) is 22.1 Å². The van der Waals surface area contributed by atoms with Crippen LogP contribution in [0.4, 0.5) is 0 Å². The molecule has 8 nitrogen and oxygen atoms in total. The van der Waals surface area contributed by atoms with Crippen LogP contribution in [0.3, 0.4) is 0 Å². The second-order valence-electron chi connectivity index (χ2n) is 7.21. The summed E-state index contributed by atoms with van der Waals surface area (Å²) in [6.45, 7) is 0.279. The molecule has 0 fully saturated rings. The second kappa shape index (κ2) is 9.09. The van der Waals surface area contributed by atoms with E-state index in [1.54, 1.807) is 43.7 Å². The van der Waals surface area contributed by atoms with Gasteiger partial charge in [0.1, 0.15) is 17.0 Å². The summed E-state index contributed by atoms with van der Waals surface area (Å²) in [7, 11) is -0.971. The van der Waals surface area contributed by atoms with Crippen molar-refractivity contribution < 1.29 is 13.2 Å². The molecular formula is C23H20N4O4S. The molecule has 0 aliphatic carbocycles. The normalized spacial score (nSPS) is 11.0. The van der Waals surface area contributed by atoms with Gasteiger partial charge in [-0.2, -0.15) is 5.26 Å². The quantitative estimate of drug-likeness (QED) is 0.376. The zero-order valence-electron chi connectivity index (χ0n) is 17.2. The monoisotopic (exact) mass is 448 g/mol. The predicted molar refractivity (Wildman–Crippen MR) is 122 cm³/mol. The fourth-order valence-corrected chi connectivity index (χ4v) is 3.83. The van der Waals surface area contributed by atoms with Crippen LogP contribution in [0.15, 0.2) is 65.7 Å². The molecule has 2 aromatic carbocycles. The molecule has 4 rings (SSSR count). The molecule has 162 valence electrons. The van der Waals surface area contributed by atoms with Crippen molar-refractivity contribution in [2.45, 2.75) is 6.42 Å². The first-order valence-electron chi connectivity index (χ1n) is 9.82. The van der Waals surface area contributed by atoms with E-state index in [1.807, 2.05) is 24.3 Å². The molecule has 0 saturated heterocycles. The lowest BCUT2D eigenvalue weighted by Gasteiger charge is -2.15. The van der Waals surface area contributed by atoms with Crippen LogP contribution in [0.2, 0.25) is 0 Å². The Morgan fingerprint density at radius 1 is 1.12 bits per heavy atom. The Kier molecular flexibility index (Phi) is 6.07. The number of aryl methyl sites for hydroxylation is 1. The Morgan fingerprint density at radius 2 is 1.91 bits per heavy atom. The van der Waals surface area contributed by atoms with Crippen LogP contribution in [0.25, 0.3) is 22.0 Å². The number of nitriles is 1. The number of fused-ring (bicyclic) bond motifs is 1. The summed E-state index contributed by atoms with van der Waals surface area (Å²) in [6, 6.07) is 16.3. The summed E-state index contributed by atoms with van der Waals surface area (Å²) >= 11 is 0. The van der Waals surface area contributed by atoms with Crippen molar-refractivity contribution in [3.05, 3.63) is 82.4 Å². The highest BCUT2D eigenvalue weighted by Gasteiger charge is 2.15. The molecule has 0 radical (unpaired) electrons. The molecule has 0 spiro atoms. The van der Waals surface area contributed by atoms with Crippen LogP contribution >= 0.6 is 0 Å². The average Bonchev–Trinajstić information content (AvgIpc) is 3.28. The number of H-pyrrole nitrogens is 1. The molecule has 0 saturated carbocycles. The highest BCUT2D eigenvalue weighted by Crippen LogP contribution is 2.37. The zero-order valence-corrected chi connectivity index (χ0v) is 18.1. The molecule has 0 unspecified atom stereocenters. The molecule has 0 aliphatic rings. The molecule has 2 N–H and O–H groups in total. The summed E-state index contributed by atoms with van der Waals surface area (Å²) in [4.78, 5) is 15.5. The molecule has 0 aliphatic heterocycles. The molecule has 32 heavy (non-hydrogen) atoms. The summed E-state index contributed by atoms with van der Waals surface area (Å²) in [5, 5.41) is 9.77. The summed E-state index contributed by atoms with van der Waals surface area (Å²) in [6.07, 6.45) is 3.97. The van der Waals surface area contributed by atoms with E-state index in [2.05, 4.69) is 15.8 Å². The number of nitrogens with zero attached hydrogens (tertiary/aromatic N) is 2. The average molecular weight is 449 g/mol. The third-order valence-corrected chi connectivity index (χ3v) is 5.58. The second-order valence-corrected chi connectivity index (χ2v) is 8.04. The lowest BCUT2D eigenvalue weighted by molar-refractivity contribution is 0.484. The van der Waals surface area contributed by atoms with Crippen molar-refractivity contribution in [2.75, 3.05) is 6.54 Å². The van der Waals surface area contributed by atoms with Gasteiger partial charge in [0.15, 0.2) is 0 Å². The maximum atomic E-state index is 12.5. The van der Waals surface area contributed by atoms with E-state index in [0.29, 0.717) is 29.0 Å². The van der Waals surface area contributed by atoms with E-state index in [1.165, 1.54) is 4.57 Å². The van der Waals surface area contributed by atoms with E-state index in [-0.39, 0.29) is 12.1 Å². The van der Waals surface area contributed by atoms with Gasteiger partial charge in [-0.15, -0.1) is 0 Å². The third kappa shape index (κ3) is 4.42. The molecule has 0 atom stereocenters. The van der Waals surface area contributed by atoms with Gasteiger partial charge >= 0.3 is 0 Å². The van der Waals surface area contributed by atoms with E-state index >= 15 is 0 Å². The Bertz CT molecular complexity index is 1450. The minimum absolute atomic E-state index is 0.136. The number of hydrogen-bond donors (Lipinski definition) is 3. The van der Waals surface area contributed by atoms with Crippen molar-refractivity contribution >= 4 is 21.8 Å². The first-order valence-corrected chi connectivity index (χ1v) is 11.0. The number of rotatable bonds is 7. The molecule has 4 aromatic rings. The van der Waals surface area contributed by atoms with Crippen molar-refractivity contribution in [2.24, 2.45) is 7.05 Å². The van der Waals surface area contributed by atoms with Crippen LogP contribution in [0, 0.1) is 11.3 Å². The number of pyridine rings is 1. The van der Waals surface area contributed by atoms with Gasteiger partial charge in [0.2, 0.25) is 10.9 Å². The van der Waals surface area contributed by atoms with Gasteiger partial charge in [0.05, 0.1) is 11.6 Å². The molecule has 0 amide bonds. The number of ether oxygens (including phenoxy) is 1. The lowest BCUT2D eigenvalue weighted by Crippen LogP contribution is -2.16. The molecular weight excluding hydrogens is 428 g/mol. The van der Waals surface area contributed by atoms with Gasteiger partial charge < -0.3 is 14.3 Å². The molecule has 0 bridgehead atoms. The van der Waals surface area contributed by atoms with Crippen molar-refractivity contribution in [3.8, 4) is 28.7 Å². The van der Waals surface area contributed by atoms with Gasteiger partial charge in [-0.25, -0.2) is 13.1 Å². The first kappa shape index (κ1) is 21.4. The van der Waals surface area contributed by atoms with Crippen LogP contribution in [-0.2, 0) is 24.4 Å². The number of aromatic amines is 1. The zero-order chi connectivity index (χ0) is 22.7. The van der Waals surface area contributed by atoms with Gasteiger partial charge in [-0.3, -0.25) is 4.79 Å².